The number of nitrogens with zero attached hydrogens (tertiary/aromatic N) is 2. The van der Waals surface area contributed by atoms with Crippen molar-refractivity contribution in [3.8, 4) is 11.5 Å². The number of nitrogen functional groups attached to an aromatic ring is 1. The first kappa shape index (κ1) is 16.5. The van der Waals surface area contributed by atoms with Crippen molar-refractivity contribution < 1.29 is 9.47 Å². The largest absolute Gasteiger partial charge is 0.486 e. The van der Waals surface area contributed by atoms with Crippen LogP contribution in [0.15, 0.2) is 53.3 Å². The van der Waals surface area contributed by atoms with Gasteiger partial charge in [0.05, 0.1) is 0 Å². The van der Waals surface area contributed by atoms with Crippen LogP contribution in [0.3, 0.4) is 0 Å². The van der Waals surface area contributed by atoms with E-state index in [0.29, 0.717) is 36.3 Å². The number of hydrogen-bond acceptors (Lipinski definition) is 7. The Labute approximate surface area is 158 Å². The van der Waals surface area contributed by atoms with Gasteiger partial charge >= 0.3 is 0 Å². The zero-order valence-electron chi connectivity index (χ0n) is 13.7. The first-order chi connectivity index (χ1) is 12.7. The van der Waals surface area contributed by atoms with E-state index < -0.39 is 0 Å². The number of ether oxygens (including phenoxy) is 2. The van der Waals surface area contributed by atoms with Crippen LogP contribution in [-0.2, 0) is 0 Å². The summed E-state index contributed by atoms with van der Waals surface area (Å²) in [6.07, 6.45) is 1.46. The zero-order chi connectivity index (χ0) is 17.9. The molecule has 0 aliphatic carbocycles. The number of aromatic nitrogens is 2. The second-order valence-electron chi connectivity index (χ2n) is 5.60. The average molecular weight is 414 g/mol. The van der Waals surface area contributed by atoms with Gasteiger partial charge in [-0.15, -0.1) is 0 Å². The quantitative estimate of drug-likeness (QED) is 0.592. The molecule has 3 aromatic rings. The minimum absolute atomic E-state index is 0.422. The van der Waals surface area contributed by atoms with Gasteiger partial charge in [0.15, 0.2) is 23.1 Å². The first-order valence-corrected chi connectivity index (χ1v) is 8.78. The molecule has 0 spiro atoms. The highest BCUT2D eigenvalue weighted by Crippen LogP contribution is 2.35. The normalized spacial score (nSPS) is 12.5. The minimum Gasteiger partial charge on any atom is -0.486 e. The van der Waals surface area contributed by atoms with Crippen LogP contribution in [-0.4, -0.2) is 23.2 Å². The van der Waals surface area contributed by atoms with E-state index in [9.17, 15) is 0 Å². The molecule has 8 heteroatoms. The van der Waals surface area contributed by atoms with Crippen molar-refractivity contribution in [2.24, 2.45) is 0 Å². The van der Waals surface area contributed by atoms with Crippen LogP contribution in [0.5, 0.6) is 11.5 Å². The van der Waals surface area contributed by atoms with Gasteiger partial charge in [0.1, 0.15) is 25.2 Å². The van der Waals surface area contributed by atoms with Gasteiger partial charge in [-0.2, -0.15) is 0 Å². The van der Waals surface area contributed by atoms with E-state index in [0.717, 1.165) is 21.6 Å². The maximum Gasteiger partial charge on any atom is 0.163 e. The van der Waals surface area contributed by atoms with Crippen molar-refractivity contribution in [3.05, 3.63) is 53.3 Å². The van der Waals surface area contributed by atoms with Crippen LogP contribution in [0.1, 0.15) is 0 Å². The molecule has 0 unspecified atom stereocenters. The Balaban J connectivity index is 1.56. The average Bonchev–Trinajstić information content (AvgIpc) is 2.67. The van der Waals surface area contributed by atoms with Gasteiger partial charge in [-0.3, -0.25) is 0 Å². The molecule has 0 amide bonds. The van der Waals surface area contributed by atoms with E-state index in [1.807, 2.05) is 42.5 Å². The third kappa shape index (κ3) is 3.50. The highest BCUT2D eigenvalue weighted by atomic mass is 79.9. The highest BCUT2D eigenvalue weighted by molar-refractivity contribution is 9.10. The number of hydrogen-bond donors (Lipinski definition) is 3. The molecule has 0 saturated heterocycles. The third-order valence-electron chi connectivity index (χ3n) is 3.80. The van der Waals surface area contributed by atoms with Crippen LogP contribution >= 0.6 is 15.9 Å². The Morgan fingerprint density at radius 1 is 0.846 bits per heavy atom. The molecule has 0 bridgehead atoms. The fourth-order valence-electron chi connectivity index (χ4n) is 2.52. The van der Waals surface area contributed by atoms with Crippen molar-refractivity contribution in [2.75, 3.05) is 29.6 Å². The van der Waals surface area contributed by atoms with Crippen molar-refractivity contribution in [1.29, 1.82) is 0 Å². The monoisotopic (exact) mass is 413 g/mol. The molecule has 2 aromatic carbocycles. The number of rotatable bonds is 4. The van der Waals surface area contributed by atoms with Crippen LogP contribution in [0, 0.1) is 0 Å². The number of benzene rings is 2. The van der Waals surface area contributed by atoms with E-state index in [1.54, 1.807) is 0 Å². The van der Waals surface area contributed by atoms with Crippen molar-refractivity contribution in [2.45, 2.75) is 0 Å². The Kier molecular flexibility index (Phi) is 4.49. The second kappa shape index (κ2) is 7.09. The van der Waals surface area contributed by atoms with E-state index in [1.165, 1.54) is 6.33 Å². The van der Waals surface area contributed by atoms with E-state index >= 15 is 0 Å². The fourth-order valence-corrected chi connectivity index (χ4v) is 2.79. The fraction of sp³-hybridized carbons (Fsp3) is 0.111. The molecular formula is C18H16BrN5O2. The summed E-state index contributed by atoms with van der Waals surface area (Å²) in [5.74, 6) is 2.47. The molecule has 7 nitrogen and oxygen atoms in total. The molecule has 1 aliphatic rings. The van der Waals surface area contributed by atoms with Crippen LogP contribution in [0.25, 0.3) is 0 Å². The molecular weight excluding hydrogens is 398 g/mol. The number of halogens is 1. The summed E-state index contributed by atoms with van der Waals surface area (Å²) in [5.41, 5.74) is 8.33. The summed E-state index contributed by atoms with van der Waals surface area (Å²) < 4.78 is 12.1. The molecule has 132 valence electrons. The lowest BCUT2D eigenvalue weighted by atomic mass is 10.2. The van der Waals surface area contributed by atoms with Gasteiger partial charge < -0.3 is 25.8 Å². The summed E-state index contributed by atoms with van der Waals surface area (Å²) in [6, 6.07) is 13.3. The molecule has 0 radical (unpaired) electrons. The number of nitrogens with two attached hydrogens (primary N) is 1. The molecule has 4 N–H and O–H groups in total. The highest BCUT2D eigenvalue weighted by Gasteiger charge is 2.13. The Morgan fingerprint density at radius 2 is 1.46 bits per heavy atom. The molecule has 0 fully saturated rings. The summed E-state index contributed by atoms with van der Waals surface area (Å²) in [4.78, 5) is 8.46. The second-order valence-corrected chi connectivity index (χ2v) is 6.52. The standard InChI is InChI=1S/C18H16BrN5O2/c19-11-1-3-12(4-2-11)23-17-16(20)18(22-10-21-17)24-13-5-6-14-15(9-13)26-8-7-25-14/h1-6,9-10H,7-8,20H2,(H2,21,22,23,24). The topological polar surface area (TPSA) is 94.3 Å². The minimum atomic E-state index is 0.422. The van der Waals surface area contributed by atoms with Gasteiger partial charge in [0, 0.05) is 21.9 Å². The summed E-state index contributed by atoms with van der Waals surface area (Å²) in [6.45, 7) is 1.09. The van der Waals surface area contributed by atoms with Crippen LogP contribution in [0.2, 0.25) is 0 Å². The van der Waals surface area contributed by atoms with Crippen molar-refractivity contribution in [1.82, 2.24) is 9.97 Å². The first-order valence-electron chi connectivity index (χ1n) is 7.99. The van der Waals surface area contributed by atoms with Gasteiger partial charge in [-0.25, -0.2) is 9.97 Å². The van der Waals surface area contributed by atoms with Gasteiger partial charge in [0.2, 0.25) is 0 Å². The van der Waals surface area contributed by atoms with E-state index in [2.05, 4.69) is 36.5 Å². The number of nitrogens with one attached hydrogen (secondary N) is 2. The van der Waals surface area contributed by atoms with Crippen LogP contribution < -0.4 is 25.8 Å². The number of anilines is 5. The molecule has 2 heterocycles. The molecule has 1 aromatic heterocycles. The van der Waals surface area contributed by atoms with Gasteiger partial charge in [0.25, 0.3) is 0 Å². The summed E-state index contributed by atoms with van der Waals surface area (Å²) >= 11 is 3.41. The molecule has 26 heavy (non-hydrogen) atoms. The van der Waals surface area contributed by atoms with Crippen LogP contribution in [0.4, 0.5) is 28.7 Å². The Hall–Kier alpha value is -3.00. The summed E-state index contributed by atoms with van der Waals surface area (Å²) in [5, 5.41) is 6.39. The molecule has 0 saturated carbocycles. The SMILES string of the molecule is Nc1c(Nc2ccc(Br)cc2)ncnc1Nc1ccc2c(c1)OCCO2. The lowest BCUT2D eigenvalue weighted by molar-refractivity contribution is 0.171. The van der Waals surface area contributed by atoms with Crippen molar-refractivity contribution >= 4 is 44.6 Å². The predicted octanol–water partition coefficient (Wildman–Crippen LogP) is 4.08. The lowest BCUT2D eigenvalue weighted by Crippen LogP contribution is -2.15. The molecule has 0 atom stereocenters. The smallest absolute Gasteiger partial charge is 0.163 e. The van der Waals surface area contributed by atoms with Gasteiger partial charge in [-0.05, 0) is 36.4 Å². The maximum absolute atomic E-state index is 6.23. The zero-order valence-corrected chi connectivity index (χ0v) is 15.3. The lowest BCUT2D eigenvalue weighted by Gasteiger charge is -2.19. The number of fused-ring (bicyclic) bond motifs is 1. The Bertz CT molecular complexity index is 933. The summed E-state index contributed by atoms with van der Waals surface area (Å²) in [7, 11) is 0. The van der Waals surface area contributed by atoms with Gasteiger partial charge in [-0.1, -0.05) is 15.9 Å². The Morgan fingerprint density at radius 3 is 2.19 bits per heavy atom. The van der Waals surface area contributed by atoms with E-state index in [-0.39, 0.29) is 0 Å². The van der Waals surface area contributed by atoms with E-state index in [4.69, 9.17) is 15.2 Å². The third-order valence-corrected chi connectivity index (χ3v) is 4.32. The molecule has 4 rings (SSSR count). The maximum atomic E-state index is 6.23. The molecule has 1 aliphatic heterocycles. The van der Waals surface area contributed by atoms with Crippen molar-refractivity contribution in [3.63, 3.8) is 0 Å². The predicted molar refractivity (Wildman–Crippen MR) is 105 cm³/mol.